The Morgan fingerprint density at radius 3 is 2.27 bits per heavy atom. The van der Waals surface area contributed by atoms with Gasteiger partial charge in [0.2, 0.25) is 0 Å². The van der Waals surface area contributed by atoms with Gasteiger partial charge in [0.15, 0.2) is 0 Å². The first-order valence-electron chi connectivity index (χ1n) is 5.01. The molecule has 15 heavy (non-hydrogen) atoms. The van der Waals surface area contributed by atoms with Crippen molar-refractivity contribution in [3.63, 3.8) is 0 Å². The third-order valence-electron chi connectivity index (χ3n) is 2.70. The highest BCUT2D eigenvalue weighted by Gasteiger charge is 2.06. The quantitative estimate of drug-likeness (QED) is 0.769. The van der Waals surface area contributed by atoms with Gasteiger partial charge in [-0.1, -0.05) is 18.2 Å². The van der Waals surface area contributed by atoms with E-state index in [1.807, 2.05) is 0 Å². The van der Waals surface area contributed by atoms with Crippen LogP contribution in [0.5, 0.6) is 0 Å². The lowest BCUT2D eigenvalue weighted by Crippen LogP contribution is -1.86. The van der Waals surface area contributed by atoms with Crippen LogP contribution in [0.2, 0.25) is 0 Å². The van der Waals surface area contributed by atoms with Crippen LogP contribution in [0, 0.1) is 20.8 Å². The third-order valence-corrected chi connectivity index (χ3v) is 3.58. The van der Waals surface area contributed by atoms with Crippen molar-refractivity contribution < 1.29 is 0 Å². The predicted octanol–water partition coefficient (Wildman–Crippen LogP) is 3.92. The summed E-state index contributed by atoms with van der Waals surface area (Å²) >= 11 is 1.65. The van der Waals surface area contributed by atoms with Crippen LogP contribution >= 0.6 is 11.3 Å². The molecule has 0 fully saturated rings. The largest absolute Gasteiger partial charge is 0.390 e. The number of hydrogen-bond donors (Lipinski definition) is 1. The molecule has 0 atom stereocenters. The maximum atomic E-state index is 5.98. The van der Waals surface area contributed by atoms with Crippen molar-refractivity contribution in [1.82, 2.24) is 0 Å². The van der Waals surface area contributed by atoms with E-state index in [1.165, 1.54) is 27.1 Å². The lowest BCUT2D eigenvalue weighted by atomic mass is 10.0. The number of hydrogen-bond acceptors (Lipinski definition) is 2. The molecule has 0 aliphatic rings. The van der Waals surface area contributed by atoms with E-state index in [0.29, 0.717) is 0 Å². The molecule has 2 heteroatoms. The minimum Gasteiger partial charge on any atom is -0.390 e. The lowest BCUT2D eigenvalue weighted by molar-refractivity contribution is 1.34. The van der Waals surface area contributed by atoms with Gasteiger partial charge in [-0.2, -0.15) is 0 Å². The molecule has 0 amide bonds. The highest BCUT2D eigenvalue weighted by Crippen LogP contribution is 2.34. The van der Waals surface area contributed by atoms with E-state index in [0.717, 1.165) is 5.00 Å². The van der Waals surface area contributed by atoms with Crippen LogP contribution in [0.25, 0.3) is 11.1 Å². The highest BCUT2D eigenvalue weighted by atomic mass is 32.1. The van der Waals surface area contributed by atoms with Crippen LogP contribution in [0.3, 0.4) is 0 Å². The average molecular weight is 217 g/mol. The molecule has 2 aromatic rings. The molecule has 1 nitrogen and oxygen atoms in total. The Bertz CT molecular complexity index is 497. The summed E-state index contributed by atoms with van der Waals surface area (Å²) in [6, 6.07) is 8.65. The number of aryl methyl sites for hydroxylation is 3. The monoisotopic (exact) mass is 217 g/mol. The Morgan fingerprint density at radius 2 is 1.73 bits per heavy atom. The molecule has 2 rings (SSSR count). The van der Waals surface area contributed by atoms with E-state index in [4.69, 9.17) is 5.73 Å². The second-order valence-corrected chi connectivity index (χ2v) is 5.22. The van der Waals surface area contributed by atoms with Crippen LogP contribution in [-0.4, -0.2) is 0 Å². The Balaban J connectivity index is 2.54. The molecule has 1 aromatic carbocycles. The third kappa shape index (κ3) is 1.90. The van der Waals surface area contributed by atoms with Gasteiger partial charge in [-0.15, -0.1) is 11.3 Å². The molecular formula is C13H15NS. The van der Waals surface area contributed by atoms with Gasteiger partial charge in [0.25, 0.3) is 0 Å². The summed E-state index contributed by atoms with van der Waals surface area (Å²) in [5, 5.41) is 0.913. The summed E-state index contributed by atoms with van der Waals surface area (Å²) in [6.45, 7) is 6.35. The van der Waals surface area contributed by atoms with E-state index in [1.54, 1.807) is 11.3 Å². The summed E-state index contributed by atoms with van der Waals surface area (Å²) in [5.74, 6) is 0. The van der Waals surface area contributed by atoms with Crippen molar-refractivity contribution in [3.05, 3.63) is 40.3 Å². The standard InChI is InChI=1S/C13H15NS/c1-8-4-5-11(6-9(8)2)12-7-10(3)15-13(12)14/h4-7H,14H2,1-3H3. The van der Waals surface area contributed by atoms with Gasteiger partial charge in [-0.25, -0.2) is 0 Å². The molecule has 0 radical (unpaired) electrons. The number of benzene rings is 1. The molecule has 0 bridgehead atoms. The maximum Gasteiger partial charge on any atom is 0.0938 e. The molecule has 1 aromatic heterocycles. The molecule has 0 saturated heterocycles. The minimum absolute atomic E-state index is 0.913. The van der Waals surface area contributed by atoms with E-state index >= 15 is 0 Å². The van der Waals surface area contributed by atoms with Crippen molar-refractivity contribution in [2.75, 3.05) is 5.73 Å². The summed E-state index contributed by atoms with van der Waals surface area (Å²) in [5.41, 5.74) is 11.0. The van der Waals surface area contributed by atoms with Crippen LogP contribution in [0.1, 0.15) is 16.0 Å². The normalized spacial score (nSPS) is 10.6. The second kappa shape index (κ2) is 3.70. The molecule has 0 saturated carbocycles. The van der Waals surface area contributed by atoms with Crippen LogP contribution in [0.4, 0.5) is 5.00 Å². The molecule has 0 aliphatic carbocycles. The first-order chi connectivity index (χ1) is 7.08. The molecule has 1 heterocycles. The summed E-state index contributed by atoms with van der Waals surface area (Å²) in [6.07, 6.45) is 0. The van der Waals surface area contributed by atoms with E-state index in [-0.39, 0.29) is 0 Å². The van der Waals surface area contributed by atoms with Crippen molar-refractivity contribution in [2.24, 2.45) is 0 Å². The maximum absolute atomic E-state index is 5.98. The topological polar surface area (TPSA) is 26.0 Å². The summed E-state index contributed by atoms with van der Waals surface area (Å²) in [4.78, 5) is 1.26. The number of rotatable bonds is 1. The van der Waals surface area contributed by atoms with Crippen LogP contribution in [-0.2, 0) is 0 Å². The van der Waals surface area contributed by atoms with Gasteiger partial charge in [0.1, 0.15) is 0 Å². The van der Waals surface area contributed by atoms with E-state index in [2.05, 4.69) is 45.0 Å². The molecule has 2 N–H and O–H groups in total. The molecule has 78 valence electrons. The summed E-state index contributed by atoms with van der Waals surface area (Å²) in [7, 11) is 0. The molecule has 0 spiro atoms. The Labute approximate surface area is 94.6 Å². The Kier molecular flexibility index (Phi) is 2.53. The smallest absolute Gasteiger partial charge is 0.0938 e. The minimum atomic E-state index is 0.913. The van der Waals surface area contributed by atoms with Crippen molar-refractivity contribution >= 4 is 16.3 Å². The van der Waals surface area contributed by atoms with Gasteiger partial charge in [-0.3, -0.25) is 0 Å². The van der Waals surface area contributed by atoms with Crippen molar-refractivity contribution in [3.8, 4) is 11.1 Å². The van der Waals surface area contributed by atoms with Crippen molar-refractivity contribution in [1.29, 1.82) is 0 Å². The summed E-state index contributed by atoms with van der Waals surface area (Å²) < 4.78 is 0. The predicted molar refractivity (Wildman–Crippen MR) is 68.4 cm³/mol. The van der Waals surface area contributed by atoms with Gasteiger partial charge < -0.3 is 5.73 Å². The zero-order valence-corrected chi connectivity index (χ0v) is 10.1. The second-order valence-electron chi connectivity index (χ2n) is 3.93. The highest BCUT2D eigenvalue weighted by molar-refractivity contribution is 7.16. The van der Waals surface area contributed by atoms with Gasteiger partial charge in [0, 0.05) is 10.4 Å². The molecule has 0 aliphatic heterocycles. The first kappa shape index (κ1) is 10.2. The molecule has 0 unspecified atom stereocenters. The SMILES string of the molecule is Cc1cc(-c2ccc(C)c(C)c2)c(N)s1. The number of nitrogens with two attached hydrogens (primary N) is 1. The number of thiophene rings is 1. The van der Waals surface area contributed by atoms with Gasteiger partial charge >= 0.3 is 0 Å². The number of anilines is 1. The number of nitrogen functional groups attached to an aromatic ring is 1. The Morgan fingerprint density at radius 1 is 1.00 bits per heavy atom. The lowest BCUT2D eigenvalue weighted by Gasteiger charge is -2.04. The zero-order valence-electron chi connectivity index (χ0n) is 9.29. The average Bonchev–Trinajstić information content (AvgIpc) is 2.50. The fourth-order valence-electron chi connectivity index (χ4n) is 1.67. The first-order valence-corrected chi connectivity index (χ1v) is 5.83. The Hall–Kier alpha value is -1.28. The van der Waals surface area contributed by atoms with E-state index < -0.39 is 0 Å². The van der Waals surface area contributed by atoms with Crippen LogP contribution < -0.4 is 5.73 Å². The van der Waals surface area contributed by atoms with Gasteiger partial charge in [-0.05, 0) is 43.5 Å². The van der Waals surface area contributed by atoms with E-state index in [9.17, 15) is 0 Å². The van der Waals surface area contributed by atoms with Crippen molar-refractivity contribution in [2.45, 2.75) is 20.8 Å². The van der Waals surface area contributed by atoms with Crippen LogP contribution in [0.15, 0.2) is 24.3 Å². The fourth-order valence-corrected chi connectivity index (χ4v) is 2.48. The zero-order chi connectivity index (χ0) is 11.0. The van der Waals surface area contributed by atoms with Gasteiger partial charge in [0.05, 0.1) is 5.00 Å². The fraction of sp³-hybridized carbons (Fsp3) is 0.231. The molecular weight excluding hydrogens is 202 g/mol.